The van der Waals surface area contributed by atoms with Crippen LogP contribution in [0.15, 0.2) is 18.3 Å². The molecule has 0 aliphatic rings. The van der Waals surface area contributed by atoms with Crippen LogP contribution in [0.2, 0.25) is 5.02 Å². The van der Waals surface area contributed by atoms with Crippen molar-refractivity contribution >= 4 is 33.4 Å². The minimum atomic E-state index is -3.73. The van der Waals surface area contributed by atoms with E-state index in [9.17, 15) is 13.2 Å². The molecule has 0 saturated heterocycles. The van der Waals surface area contributed by atoms with Crippen molar-refractivity contribution in [3.63, 3.8) is 0 Å². The number of sulfonamides is 1. The van der Waals surface area contributed by atoms with Crippen LogP contribution in [0.25, 0.3) is 0 Å². The average Bonchev–Trinajstić information content (AvgIpc) is 2.19. The number of nitrogens with zero attached hydrogens (tertiary/aromatic N) is 1. The van der Waals surface area contributed by atoms with E-state index in [4.69, 9.17) is 16.7 Å². The Kier molecular flexibility index (Phi) is 4.08. The Morgan fingerprint density at radius 1 is 1.56 bits per heavy atom. The molecule has 0 aliphatic heterocycles. The Morgan fingerprint density at radius 3 is 2.81 bits per heavy atom. The molecule has 1 aromatic heterocycles. The molecule has 0 bridgehead atoms. The Labute approximate surface area is 97.3 Å². The first-order chi connectivity index (χ1) is 7.41. The third-order valence-corrected chi connectivity index (χ3v) is 3.15. The van der Waals surface area contributed by atoms with Gasteiger partial charge in [0.15, 0.2) is 5.82 Å². The van der Waals surface area contributed by atoms with Crippen molar-refractivity contribution in [1.82, 2.24) is 4.98 Å². The summed E-state index contributed by atoms with van der Waals surface area (Å²) in [5.41, 5.74) is 0. The minimum absolute atomic E-state index is 0.00504. The van der Waals surface area contributed by atoms with E-state index in [0.29, 0.717) is 0 Å². The highest BCUT2D eigenvalue weighted by atomic mass is 35.5. The highest BCUT2D eigenvalue weighted by Crippen LogP contribution is 2.18. The lowest BCUT2D eigenvalue weighted by molar-refractivity contribution is -0.136. The van der Waals surface area contributed by atoms with E-state index in [-0.39, 0.29) is 10.8 Å². The fraction of sp³-hybridized carbons (Fsp3) is 0.250. The van der Waals surface area contributed by atoms with Gasteiger partial charge in [0.1, 0.15) is 0 Å². The first-order valence-corrected chi connectivity index (χ1v) is 6.26. The van der Waals surface area contributed by atoms with Crippen LogP contribution < -0.4 is 4.72 Å². The van der Waals surface area contributed by atoms with Crippen LogP contribution in [-0.4, -0.2) is 30.2 Å². The van der Waals surface area contributed by atoms with Gasteiger partial charge in [-0.2, -0.15) is 0 Å². The number of hydrogen-bond donors (Lipinski definition) is 2. The van der Waals surface area contributed by atoms with E-state index in [2.05, 4.69) is 9.71 Å². The largest absolute Gasteiger partial charge is 0.481 e. The number of halogens is 1. The lowest BCUT2D eigenvalue weighted by Crippen LogP contribution is -2.19. The SMILES string of the molecule is O=C(O)CCS(=O)(=O)Nc1ncccc1Cl. The molecular weight excluding hydrogens is 256 g/mol. The molecule has 0 radical (unpaired) electrons. The number of rotatable bonds is 5. The molecule has 0 fully saturated rings. The van der Waals surface area contributed by atoms with Crippen LogP contribution >= 0.6 is 11.6 Å². The zero-order valence-corrected chi connectivity index (χ0v) is 9.62. The minimum Gasteiger partial charge on any atom is -0.481 e. The number of nitrogens with one attached hydrogen (secondary N) is 1. The first-order valence-electron chi connectivity index (χ1n) is 4.23. The average molecular weight is 265 g/mol. The van der Waals surface area contributed by atoms with Gasteiger partial charge in [-0.3, -0.25) is 9.52 Å². The van der Waals surface area contributed by atoms with Gasteiger partial charge in [0.2, 0.25) is 10.0 Å². The summed E-state index contributed by atoms with van der Waals surface area (Å²) in [6.45, 7) is 0. The molecule has 88 valence electrons. The Hall–Kier alpha value is -1.34. The van der Waals surface area contributed by atoms with Gasteiger partial charge in [0.25, 0.3) is 0 Å². The van der Waals surface area contributed by atoms with Crippen molar-refractivity contribution in [2.75, 3.05) is 10.5 Å². The zero-order chi connectivity index (χ0) is 12.2. The smallest absolute Gasteiger partial charge is 0.304 e. The quantitative estimate of drug-likeness (QED) is 0.825. The summed E-state index contributed by atoms with van der Waals surface area (Å²) in [5, 5.41) is 8.52. The van der Waals surface area contributed by atoms with Crippen molar-refractivity contribution in [2.45, 2.75) is 6.42 Å². The highest BCUT2D eigenvalue weighted by molar-refractivity contribution is 7.92. The van der Waals surface area contributed by atoms with Crippen molar-refractivity contribution in [3.05, 3.63) is 23.4 Å². The lowest BCUT2D eigenvalue weighted by atomic mass is 10.5. The molecule has 0 aliphatic carbocycles. The molecule has 1 aromatic rings. The molecule has 0 spiro atoms. The summed E-state index contributed by atoms with van der Waals surface area (Å²) in [7, 11) is -3.73. The van der Waals surface area contributed by atoms with Gasteiger partial charge in [-0.1, -0.05) is 11.6 Å². The highest BCUT2D eigenvalue weighted by Gasteiger charge is 2.14. The van der Waals surface area contributed by atoms with Gasteiger partial charge in [-0.15, -0.1) is 0 Å². The van der Waals surface area contributed by atoms with Crippen LogP contribution in [0.5, 0.6) is 0 Å². The van der Waals surface area contributed by atoms with Crippen LogP contribution in [0.1, 0.15) is 6.42 Å². The Morgan fingerprint density at radius 2 is 2.25 bits per heavy atom. The lowest BCUT2D eigenvalue weighted by Gasteiger charge is -2.06. The van der Waals surface area contributed by atoms with E-state index in [1.165, 1.54) is 12.3 Å². The van der Waals surface area contributed by atoms with Gasteiger partial charge >= 0.3 is 5.97 Å². The summed E-state index contributed by atoms with van der Waals surface area (Å²) in [6, 6.07) is 3.03. The van der Waals surface area contributed by atoms with Crippen molar-refractivity contribution in [3.8, 4) is 0 Å². The van der Waals surface area contributed by atoms with Crippen LogP contribution in [0.3, 0.4) is 0 Å². The second-order valence-corrected chi connectivity index (χ2v) is 5.15. The third kappa shape index (κ3) is 4.03. The maximum Gasteiger partial charge on any atom is 0.304 e. The van der Waals surface area contributed by atoms with E-state index in [1.807, 2.05) is 0 Å². The summed E-state index contributed by atoms with van der Waals surface area (Å²) in [4.78, 5) is 14.0. The summed E-state index contributed by atoms with van der Waals surface area (Å²) in [5.74, 6) is -1.71. The van der Waals surface area contributed by atoms with Gasteiger partial charge < -0.3 is 5.11 Å². The van der Waals surface area contributed by atoms with Crippen molar-refractivity contribution in [1.29, 1.82) is 0 Å². The summed E-state index contributed by atoms with van der Waals surface area (Å²) in [6.07, 6.45) is 0.903. The number of hydrogen-bond acceptors (Lipinski definition) is 4. The maximum atomic E-state index is 11.4. The number of carboxylic acid groups (broad SMARTS) is 1. The fourth-order valence-electron chi connectivity index (χ4n) is 0.881. The second kappa shape index (κ2) is 5.13. The number of pyridine rings is 1. The molecule has 2 N–H and O–H groups in total. The topological polar surface area (TPSA) is 96.4 Å². The number of anilines is 1. The van der Waals surface area contributed by atoms with Crippen LogP contribution in [-0.2, 0) is 14.8 Å². The van der Waals surface area contributed by atoms with Crippen LogP contribution in [0, 0.1) is 0 Å². The van der Waals surface area contributed by atoms with Crippen LogP contribution in [0.4, 0.5) is 5.82 Å². The third-order valence-electron chi connectivity index (χ3n) is 1.60. The monoisotopic (exact) mass is 264 g/mol. The summed E-state index contributed by atoms with van der Waals surface area (Å²) >= 11 is 5.69. The van der Waals surface area contributed by atoms with E-state index < -0.39 is 28.2 Å². The number of aliphatic carboxylic acids is 1. The molecule has 0 saturated carbocycles. The maximum absolute atomic E-state index is 11.4. The van der Waals surface area contributed by atoms with Crippen molar-refractivity contribution in [2.24, 2.45) is 0 Å². The fourth-order valence-corrected chi connectivity index (χ4v) is 2.11. The van der Waals surface area contributed by atoms with Crippen molar-refractivity contribution < 1.29 is 18.3 Å². The molecule has 1 rings (SSSR count). The second-order valence-electron chi connectivity index (χ2n) is 2.90. The molecule has 0 atom stereocenters. The van der Waals surface area contributed by atoms with Gasteiger partial charge in [-0.05, 0) is 12.1 Å². The van der Waals surface area contributed by atoms with Gasteiger partial charge in [0.05, 0.1) is 17.2 Å². The normalized spacial score (nSPS) is 11.1. The standard InChI is InChI=1S/C8H9ClN2O4S/c9-6-2-1-4-10-8(6)11-16(14,15)5-3-7(12)13/h1-2,4H,3,5H2,(H,10,11)(H,12,13). The molecule has 0 amide bonds. The predicted molar refractivity (Wildman–Crippen MR) is 58.9 cm³/mol. The van der Waals surface area contributed by atoms with E-state index in [1.54, 1.807) is 6.07 Å². The first kappa shape index (κ1) is 12.7. The van der Waals surface area contributed by atoms with E-state index in [0.717, 1.165) is 0 Å². The molecule has 1 heterocycles. The molecule has 16 heavy (non-hydrogen) atoms. The predicted octanol–water partition coefficient (Wildman–Crippen LogP) is 0.951. The molecule has 6 nitrogen and oxygen atoms in total. The molecule has 8 heteroatoms. The Bertz CT molecular complexity index is 489. The van der Waals surface area contributed by atoms with Gasteiger partial charge in [-0.25, -0.2) is 13.4 Å². The molecule has 0 unspecified atom stereocenters. The van der Waals surface area contributed by atoms with E-state index >= 15 is 0 Å². The summed E-state index contributed by atoms with van der Waals surface area (Å²) < 4.78 is 24.9. The molecule has 0 aromatic carbocycles. The Balaban J connectivity index is 2.73. The molecular formula is C8H9ClN2O4S. The number of carboxylic acids is 1. The number of carbonyl (C=O) groups is 1. The van der Waals surface area contributed by atoms with Gasteiger partial charge in [0, 0.05) is 6.20 Å². The zero-order valence-electron chi connectivity index (χ0n) is 8.05. The number of aromatic nitrogens is 1.